The maximum atomic E-state index is 10.8. The fourth-order valence-corrected chi connectivity index (χ4v) is 3.41. The summed E-state index contributed by atoms with van der Waals surface area (Å²) in [6.45, 7) is 0. The fourth-order valence-electron chi connectivity index (χ4n) is 3.41. The van der Waals surface area contributed by atoms with Gasteiger partial charge in [-0.05, 0) is 53.1 Å². The molecule has 1 unspecified atom stereocenters. The van der Waals surface area contributed by atoms with Gasteiger partial charge in [0.1, 0.15) is 0 Å². The van der Waals surface area contributed by atoms with Crippen molar-refractivity contribution in [3.8, 4) is 0 Å². The second-order valence-corrected chi connectivity index (χ2v) is 5.97. The zero-order chi connectivity index (χ0) is 14.8. The minimum atomic E-state index is -0.228. The summed E-state index contributed by atoms with van der Waals surface area (Å²) in [5, 5.41) is 2.73. The lowest BCUT2D eigenvalue weighted by Gasteiger charge is -2.16. The van der Waals surface area contributed by atoms with Crippen LogP contribution in [0.5, 0.6) is 0 Å². The Morgan fingerprint density at radius 3 is 2.62 bits per heavy atom. The Morgan fingerprint density at radius 2 is 1.86 bits per heavy atom. The average Bonchev–Trinajstić information content (AvgIpc) is 2.89. The van der Waals surface area contributed by atoms with E-state index in [1.807, 2.05) is 0 Å². The summed E-state index contributed by atoms with van der Waals surface area (Å²) in [6.07, 6.45) is 5.40. The number of unbranched alkanes of at least 4 members (excludes halogenated alkanes) is 1. The van der Waals surface area contributed by atoms with Gasteiger partial charge in [0.15, 0.2) is 0 Å². The molecule has 21 heavy (non-hydrogen) atoms. The third-order valence-electron chi connectivity index (χ3n) is 4.50. The fraction of sp³-hybridized carbons (Fsp3) is 0.389. The molecular formula is C18H22N2O. The van der Waals surface area contributed by atoms with Crippen LogP contribution in [-0.4, -0.2) is 5.91 Å². The molecule has 3 nitrogen and oxygen atoms in total. The first kappa shape index (κ1) is 14.1. The smallest absolute Gasteiger partial charge is 0.217 e. The Balaban J connectivity index is 1.79. The van der Waals surface area contributed by atoms with Crippen molar-refractivity contribution in [2.75, 3.05) is 0 Å². The first-order valence-electron chi connectivity index (χ1n) is 7.74. The molecule has 0 bridgehead atoms. The Bertz CT molecular complexity index is 668. The van der Waals surface area contributed by atoms with Gasteiger partial charge in [-0.25, -0.2) is 0 Å². The summed E-state index contributed by atoms with van der Waals surface area (Å²) < 4.78 is 0. The van der Waals surface area contributed by atoms with Crippen LogP contribution < -0.4 is 11.5 Å². The van der Waals surface area contributed by atoms with Crippen LogP contribution in [-0.2, 0) is 17.6 Å². The first-order valence-corrected chi connectivity index (χ1v) is 7.74. The van der Waals surface area contributed by atoms with E-state index >= 15 is 0 Å². The Morgan fingerprint density at radius 1 is 1.10 bits per heavy atom. The molecule has 1 atom stereocenters. The van der Waals surface area contributed by atoms with E-state index in [2.05, 4.69) is 30.3 Å². The number of hydrogen-bond acceptors (Lipinski definition) is 2. The molecule has 0 radical (unpaired) electrons. The molecule has 1 amide bonds. The SMILES string of the molecule is NC(=O)CCCCC(N)c1ccc2c3c(cccc13)CC2. The molecule has 0 fully saturated rings. The van der Waals surface area contributed by atoms with E-state index in [4.69, 9.17) is 11.5 Å². The Kier molecular flexibility index (Phi) is 3.93. The molecule has 4 N–H and O–H groups in total. The van der Waals surface area contributed by atoms with Crippen LogP contribution in [0.15, 0.2) is 30.3 Å². The van der Waals surface area contributed by atoms with Gasteiger partial charge in [-0.3, -0.25) is 4.79 Å². The third kappa shape index (κ3) is 2.79. The molecule has 0 saturated heterocycles. The lowest BCUT2D eigenvalue weighted by molar-refractivity contribution is -0.118. The first-order chi connectivity index (χ1) is 10.2. The van der Waals surface area contributed by atoms with E-state index in [1.165, 1.54) is 27.5 Å². The van der Waals surface area contributed by atoms with Crippen molar-refractivity contribution in [3.63, 3.8) is 0 Å². The molecule has 110 valence electrons. The van der Waals surface area contributed by atoms with Gasteiger partial charge in [0, 0.05) is 12.5 Å². The molecule has 0 spiro atoms. The maximum Gasteiger partial charge on any atom is 0.217 e. The number of aryl methyl sites for hydroxylation is 2. The van der Waals surface area contributed by atoms with Gasteiger partial charge in [0.05, 0.1) is 0 Å². The van der Waals surface area contributed by atoms with Gasteiger partial charge < -0.3 is 11.5 Å². The highest BCUT2D eigenvalue weighted by Crippen LogP contribution is 2.35. The molecule has 0 aliphatic heterocycles. The zero-order valence-electron chi connectivity index (χ0n) is 12.3. The maximum absolute atomic E-state index is 10.8. The molecule has 0 saturated carbocycles. The predicted octanol–water partition coefficient (Wildman–Crippen LogP) is 2.98. The van der Waals surface area contributed by atoms with Crippen molar-refractivity contribution in [2.24, 2.45) is 11.5 Å². The van der Waals surface area contributed by atoms with Gasteiger partial charge >= 0.3 is 0 Å². The highest BCUT2D eigenvalue weighted by atomic mass is 16.1. The minimum absolute atomic E-state index is 0.0303. The molecule has 0 aromatic heterocycles. The van der Waals surface area contributed by atoms with E-state index < -0.39 is 0 Å². The van der Waals surface area contributed by atoms with E-state index in [0.29, 0.717) is 6.42 Å². The van der Waals surface area contributed by atoms with Crippen LogP contribution in [0, 0.1) is 0 Å². The van der Waals surface area contributed by atoms with Crippen LogP contribution >= 0.6 is 0 Å². The highest BCUT2D eigenvalue weighted by molar-refractivity contribution is 5.93. The number of carbonyl (C=O) groups is 1. The molecule has 2 aromatic rings. The largest absolute Gasteiger partial charge is 0.370 e. The molecule has 3 rings (SSSR count). The van der Waals surface area contributed by atoms with Crippen molar-refractivity contribution in [1.82, 2.24) is 0 Å². The number of rotatable bonds is 6. The normalized spacial score (nSPS) is 14.5. The lowest BCUT2D eigenvalue weighted by Crippen LogP contribution is -2.12. The van der Waals surface area contributed by atoms with Gasteiger partial charge in [-0.15, -0.1) is 0 Å². The van der Waals surface area contributed by atoms with Crippen molar-refractivity contribution < 1.29 is 4.79 Å². The topological polar surface area (TPSA) is 69.1 Å². The second-order valence-electron chi connectivity index (χ2n) is 5.97. The monoisotopic (exact) mass is 282 g/mol. The van der Waals surface area contributed by atoms with Gasteiger partial charge in [0.2, 0.25) is 5.91 Å². The van der Waals surface area contributed by atoms with Crippen LogP contribution in [0.2, 0.25) is 0 Å². The second kappa shape index (κ2) is 5.86. The standard InChI is InChI=1S/C18H22N2O/c19-16(6-1-2-7-17(20)21)14-11-10-13-9-8-12-4-3-5-15(14)18(12)13/h3-5,10-11,16H,1-2,6-9,19H2,(H2,20,21). The highest BCUT2D eigenvalue weighted by Gasteiger charge is 2.18. The lowest BCUT2D eigenvalue weighted by atomic mass is 9.93. The average molecular weight is 282 g/mol. The summed E-state index contributed by atoms with van der Waals surface area (Å²) in [6, 6.07) is 11.0. The van der Waals surface area contributed by atoms with Crippen LogP contribution in [0.25, 0.3) is 10.8 Å². The van der Waals surface area contributed by atoms with Crippen molar-refractivity contribution in [1.29, 1.82) is 0 Å². The predicted molar refractivity (Wildman–Crippen MR) is 85.9 cm³/mol. The van der Waals surface area contributed by atoms with Gasteiger partial charge in [0.25, 0.3) is 0 Å². The third-order valence-corrected chi connectivity index (χ3v) is 4.50. The minimum Gasteiger partial charge on any atom is -0.370 e. The van der Waals surface area contributed by atoms with E-state index in [0.717, 1.165) is 32.1 Å². The molecule has 3 heteroatoms. The Labute approximate surface area is 125 Å². The van der Waals surface area contributed by atoms with E-state index in [-0.39, 0.29) is 11.9 Å². The molecule has 2 aromatic carbocycles. The molecular weight excluding hydrogens is 260 g/mol. The zero-order valence-corrected chi connectivity index (χ0v) is 12.3. The van der Waals surface area contributed by atoms with Crippen LogP contribution in [0.4, 0.5) is 0 Å². The Hall–Kier alpha value is -1.87. The van der Waals surface area contributed by atoms with Crippen molar-refractivity contribution >= 4 is 16.7 Å². The number of benzene rings is 2. The number of amides is 1. The number of carbonyl (C=O) groups excluding carboxylic acids is 1. The quantitative estimate of drug-likeness (QED) is 0.800. The number of primary amides is 1. The molecule has 0 heterocycles. The molecule has 1 aliphatic rings. The number of nitrogens with two attached hydrogens (primary N) is 2. The number of hydrogen-bond donors (Lipinski definition) is 2. The van der Waals surface area contributed by atoms with E-state index in [9.17, 15) is 4.79 Å². The summed E-state index contributed by atoms with van der Waals surface area (Å²) in [7, 11) is 0. The summed E-state index contributed by atoms with van der Waals surface area (Å²) >= 11 is 0. The van der Waals surface area contributed by atoms with Crippen LogP contribution in [0.3, 0.4) is 0 Å². The summed E-state index contributed by atoms with van der Waals surface area (Å²) in [5.74, 6) is -0.228. The molecule has 1 aliphatic carbocycles. The summed E-state index contributed by atoms with van der Waals surface area (Å²) in [5.41, 5.74) is 15.7. The van der Waals surface area contributed by atoms with Crippen LogP contribution in [0.1, 0.15) is 48.4 Å². The van der Waals surface area contributed by atoms with Gasteiger partial charge in [-0.2, -0.15) is 0 Å². The summed E-state index contributed by atoms with van der Waals surface area (Å²) in [4.78, 5) is 10.8. The van der Waals surface area contributed by atoms with Crippen molar-refractivity contribution in [3.05, 3.63) is 47.0 Å². The van der Waals surface area contributed by atoms with E-state index in [1.54, 1.807) is 0 Å². The van der Waals surface area contributed by atoms with Gasteiger partial charge in [-0.1, -0.05) is 36.8 Å². The van der Waals surface area contributed by atoms with Crippen molar-refractivity contribution in [2.45, 2.75) is 44.6 Å².